The van der Waals surface area contributed by atoms with E-state index in [0.717, 1.165) is 10.9 Å². The first-order valence-electron chi connectivity index (χ1n) is 7.76. The Kier molecular flexibility index (Phi) is 3.35. The average molecular weight is 335 g/mol. The second-order valence-electron chi connectivity index (χ2n) is 5.88. The molecule has 2 aromatic carbocycles. The number of nitrogens with one attached hydrogen (secondary N) is 1. The zero-order chi connectivity index (χ0) is 17.6. The zero-order valence-corrected chi connectivity index (χ0v) is 13.1. The maximum absolute atomic E-state index is 12.9. The highest BCUT2D eigenvalue weighted by Gasteiger charge is 2.29. The normalized spacial score (nSPS) is 13.0. The molecule has 0 atom stereocenters. The Labute approximate surface area is 141 Å². The van der Waals surface area contributed by atoms with Crippen LogP contribution in [0, 0.1) is 10.1 Å². The predicted molar refractivity (Wildman–Crippen MR) is 93.0 cm³/mol. The van der Waals surface area contributed by atoms with Gasteiger partial charge in [-0.15, -0.1) is 0 Å². The molecule has 0 saturated heterocycles. The highest BCUT2D eigenvalue weighted by atomic mass is 16.6. The van der Waals surface area contributed by atoms with Gasteiger partial charge < -0.3 is 9.88 Å². The van der Waals surface area contributed by atoms with Gasteiger partial charge in [0.15, 0.2) is 0 Å². The van der Waals surface area contributed by atoms with Gasteiger partial charge in [0.25, 0.3) is 17.2 Å². The van der Waals surface area contributed by atoms with E-state index in [1.165, 1.54) is 17.0 Å². The van der Waals surface area contributed by atoms with Crippen LogP contribution in [-0.2, 0) is 6.42 Å². The number of amides is 1. The molecule has 0 bridgehead atoms. The Hall–Kier alpha value is -3.48. The van der Waals surface area contributed by atoms with Crippen molar-refractivity contribution >= 4 is 28.2 Å². The van der Waals surface area contributed by atoms with Gasteiger partial charge in [0, 0.05) is 24.2 Å². The van der Waals surface area contributed by atoms with E-state index in [0.29, 0.717) is 24.2 Å². The summed E-state index contributed by atoms with van der Waals surface area (Å²) in [6.07, 6.45) is 0.602. The monoisotopic (exact) mass is 335 g/mol. The molecule has 3 aromatic rings. The molecule has 1 aliphatic heterocycles. The molecule has 25 heavy (non-hydrogen) atoms. The number of nitro benzene ring substituents is 1. The number of aromatic amines is 1. The summed E-state index contributed by atoms with van der Waals surface area (Å²) < 4.78 is 0. The van der Waals surface area contributed by atoms with Crippen molar-refractivity contribution in [1.82, 2.24) is 4.98 Å². The Bertz CT molecular complexity index is 1090. The fourth-order valence-electron chi connectivity index (χ4n) is 3.14. The van der Waals surface area contributed by atoms with Crippen molar-refractivity contribution < 1.29 is 9.72 Å². The van der Waals surface area contributed by atoms with Gasteiger partial charge in [-0.1, -0.05) is 24.3 Å². The summed E-state index contributed by atoms with van der Waals surface area (Å²) >= 11 is 0. The largest absolute Gasteiger partial charge is 0.321 e. The summed E-state index contributed by atoms with van der Waals surface area (Å²) in [6, 6.07) is 13.2. The number of carbonyl (C=O) groups excluding carboxylic acids is 1. The van der Waals surface area contributed by atoms with Crippen LogP contribution in [0.1, 0.15) is 15.9 Å². The van der Waals surface area contributed by atoms with Crippen LogP contribution in [0.3, 0.4) is 0 Å². The summed E-state index contributed by atoms with van der Waals surface area (Å²) in [5.74, 6) is -0.453. The molecular formula is C18H13N3O4. The van der Waals surface area contributed by atoms with Gasteiger partial charge in [0.05, 0.1) is 10.6 Å². The van der Waals surface area contributed by atoms with Crippen molar-refractivity contribution in [2.24, 2.45) is 0 Å². The molecule has 0 saturated carbocycles. The number of pyridine rings is 1. The number of aromatic nitrogens is 1. The van der Waals surface area contributed by atoms with Crippen LogP contribution in [-0.4, -0.2) is 22.4 Å². The molecule has 7 heteroatoms. The van der Waals surface area contributed by atoms with Crippen LogP contribution >= 0.6 is 0 Å². The molecule has 4 rings (SSSR count). The summed E-state index contributed by atoms with van der Waals surface area (Å²) in [6.45, 7) is 0.390. The maximum atomic E-state index is 12.9. The number of fused-ring (bicyclic) bond motifs is 2. The maximum Gasteiger partial charge on any atom is 0.271 e. The first-order valence-corrected chi connectivity index (χ1v) is 7.76. The lowest BCUT2D eigenvalue weighted by Gasteiger charge is -2.17. The number of non-ortho nitro benzene ring substituents is 1. The van der Waals surface area contributed by atoms with Crippen LogP contribution < -0.4 is 10.5 Å². The second-order valence-corrected chi connectivity index (χ2v) is 5.88. The summed E-state index contributed by atoms with van der Waals surface area (Å²) in [7, 11) is 0. The molecule has 0 spiro atoms. The number of carbonyl (C=O) groups is 1. The Morgan fingerprint density at radius 1 is 1.16 bits per heavy atom. The lowest BCUT2D eigenvalue weighted by molar-refractivity contribution is -0.384. The lowest BCUT2D eigenvalue weighted by Crippen LogP contribution is -2.33. The highest BCUT2D eigenvalue weighted by Crippen LogP contribution is 2.32. The molecule has 1 aromatic heterocycles. The minimum atomic E-state index is -0.496. The van der Waals surface area contributed by atoms with Crippen LogP contribution in [0.5, 0.6) is 0 Å². The van der Waals surface area contributed by atoms with E-state index in [4.69, 9.17) is 0 Å². The molecule has 0 aliphatic carbocycles. The van der Waals surface area contributed by atoms with Crippen molar-refractivity contribution in [2.45, 2.75) is 6.42 Å². The van der Waals surface area contributed by atoms with E-state index in [1.807, 2.05) is 12.1 Å². The molecule has 1 N–H and O–H groups in total. The van der Waals surface area contributed by atoms with Crippen molar-refractivity contribution in [1.29, 1.82) is 0 Å². The van der Waals surface area contributed by atoms with Crippen molar-refractivity contribution in [3.63, 3.8) is 0 Å². The number of benzene rings is 2. The zero-order valence-electron chi connectivity index (χ0n) is 13.1. The van der Waals surface area contributed by atoms with E-state index in [9.17, 15) is 19.7 Å². The predicted octanol–water partition coefficient (Wildman–Crippen LogP) is 2.64. The quantitative estimate of drug-likeness (QED) is 0.575. The number of nitro groups is 1. The number of anilines is 1. The number of nitrogens with zero attached hydrogens (tertiary/aromatic N) is 2. The van der Waals surface area contributed by atoms with Crippen LogP contribution in [0.25, 0.3) is 10.9 Å². The van der Waals surface area contributed by atoms with Crippen LogP contribution in [0.4, 0.5) is 11.4 Å². The van der Waals surface area contributed by atoms with Gasteiger partial charge >= 0.3 is 0 Å². The third-order valence-corrected chi connectivity index (χ3v) is 4.40. The topological polar surface area (TPSA) is 96.3 Å². The smallest absolute Gasteiger partial charge is 0.271 e. The third-order valence-electron chi connectivity index (χ3n) is 4.40. The van der Waals surface area contributed by atoms with E-state index in [-0.39, 0.29) is 11.3 Å². The minimum Gasteiger partial charge on any atom is -0.321 e. The lowest BCUT2D eigenvalue weighted by atomic mass is 10.1. The fraction of sp³-hybridized carbons (Fsp3) is 0.111. The first kappa shape index (κ1) is 15.1. The van der Waals surface area contributed by atoms with Crippen molar-refractivity contribution in [3.8, 4) is 0 Å². The Morgan fingerprint density at radius 3 is 2.76 bits per heavy atom. The number of hydrogen-bond acceptors (Lipinski definition) is 4. The minimum absolute atomic E-state index is 0.0260. The number of rotatable bonds is 2. The highest BCUT2D eigenvalue weighted by molar-refractivity contribution is 6.08. The van der Waals surface area contributed by atoms with E-state index in [1.54, 1.807) is 24.3 Å². The van der Waals surface area contributed by atoms with E-state index >= 15 is 0 Å². The third kappa shape index (κ3) is 2.46. The Morgan fingerprint density at radius 2 is 1.96 bits per heavy atom. The van der Waals surface area contributed by atoms with Gasteiger partial charge in [0.1, 0.15) is 5.56 Å². The van der Waals surface area contributed by atoms with E-state index < -0.39 is 16.4 Å². The van der Waals surface area contributed by atoms with Gasteiger partial charge in [-0.3, -0.25) is 19.7 Å². The second kappa shape index (κ2) is 5.55. The van der Waals surface area contributed by atoms with Gasteiger partial charge in [0.2, 0.25) is 0 Å². The van der Waals surface area contributed by atoms with Crippen molar-refractivity contribution in [3.05, 3.63) is 80.1 Å². The molecular weight excluding hydrogens is 322 g/mol. The van der Waals surface area contributed by atoms with Gasteiger partial charge in [-0.2, -0.15) is 0 Å². The van der Waals surface area contributed by atoms with Gasteiger partial charge in [-0.25, -0.2) is 0 Å². The molecule has 0 fully saturated rings. The van der Waals surface area contributed by atoms with E-state index in [2.05, 4.69) is 4.98 Å². The average Bonchev–Trinajstić information content (AvgIpc) is 3.03. The number of H-pyrrole nitrogens is 1. The first-order chi connectivity index (χ1) is 12.0. The molecule has 2 heterocycles. The molecule has 0 radical (unpaired) electrons. The molecule has 1 aliphatic rings. The molecule has 7 nitrogen and oxygen atoms in total. The molecule has 0 unspecified atom stereocenters. The summed E-state index contributed by atoms with van der Waals surface area (Å²) in [5.41, 5.74) is 1.48. The van der Waals surface area contributed by atoms with Crippen molar-refractivity contribution in [2.75, 3.05) is 11.4 Å². The standard InChI is InChI=1S/C18H13N3O4/c22-17-14(9-12-3-1-2-4-15(12)19-17)18(23)20-8-7-11-5-6-13(21(24)25)10-16(11)20/h1-6,9-10H,7-8H2,(H,19,22). The molecule has 124 valence electrons. The number of para-hydroxylation sites is 1. The summed E-state index contributed by atoms with van der Waals surface area (Å²) in [5, 5.41) is 11.7. The fourth-order valence-corrected chi connectivity index (χ4v) is 3.14. The summed E-state index contributed by atoms with van der Waals surface area (Å²) in [4.78, 5) is 39.8. The Balaban J connectivity index is 1.79. The molecule has 1 amide bonds. The van der Waals surface area contributed by atoms with Gasteiger partial charge in [-0.05, 0) is 29.5 Å². The van der Waals surface area contributed by atoms with Crippen LogP contribution in [0.2, 0.25) is 0 Å². The number of hydrogen-bond donors (Lipinski definition) is 1. The van der Waals surface area contributed by atoms with Crippen LogP contribution in [0.15, 0.2) is 53.3 Å². The SMILES string of the molecule is O=C(c1cc2ccccc2[nH]c1=O)N1CCc2ccc([N+](=O)[O-])cc21.